The van der Waals surface area contributed by atoms with Gasteiger partial charge >= 0.3 is 6.09 Å². The van der Waals surface area contributed by atoms with E-state index in [4.69, 9.17) is 10.5 Å². The summed E-state index contributed by atoms with van der Waals surface area (Å²) in [4.78, 5) is 17.9. The van der Waals surface area contributed by atoms with Gasteiger partial charge in [0, 0.05) is 18.8 Å². The molecule has 0 saturated carbocycles. The number of rotatable bonds is 2. The topological polar surface area (TPSA) is 80.0 Å². The van der Waals surface area contributed by atoms with Crippen LogP contribution in [0.2, 0.25) is 0 Å². The second-order valence-corrected chi connectivity index (χ2v) is 6.98. The van der Waals surface area contributed by atoms with Crippen LogP contribution < -0.4 is 11.1 Å². The van der Waals surface area contributed by atoms with Gasteiger partial charge in [-0.25, -0.2) is 9.79 Å². The Morgan fingerprint density at radius 2 is 1.92 bits per heavy atom. The van der Waals surface area contributed by atoms with Gasteiger partial charge in [0.1, 0.15) is 5.60 Å². The number of likely N-dealkylation sites (tertiary alicyclic amines) is 1. The molecule has 134 valence electrons. The second-order valence-electron chi connectivity index (χ2n) is 6.98. The third-order valence-corrected chi connectivity index (χ3v) is 3.61. The minimum Gasteiger partial charge on any atom is -0.444 e. The maximum Gasteiger partial charge on any atom is 0.410 e. The van der Waals surface area contributed by atoms with Crippen molar-refractivity contribution in [3.63, 3.8) is 0 Å². The molecule has 24 heavy (non-hydrogen) atoms. The zero-order valence-corrected chi connectivity index (χ0v) is 17.3. The number of nitrogens with zero attached hydrogens (tertiary/aromatic N) is 2. The van der Waals surface area contributed by atoms with Crippen molar-refractivity contribution in [3.05, 3.63) is 29.3 Å². The van der Waals surface area contributed by atoms with Gasteiger partial charge in [0.25, 0.3) is 0 Å². The number of aliphatic imine (C=N–C) groups is 1. The van der Waals surface area contributed by atoms with Gasteiger partial charge in [0.15, 0.2) is 5.96 Å². The largest absolute Gasteiger partial charge is 0.444 e. The fourth-order valence-electron chi connectivity index (χ4n) is 2.21. The number of amides is 1. The number of guanidine groups is 1. The Morgan fingerprint density at radius 3 is 2.46 bits per heavy atom. The summed E-state index contributed by atoms with van der Waals surface area (Å²) in [7, 11) is 0. The highest BCUT2D eigenvalue weighted by atomic mass is 127. The molecule has 1 aromatic carbocycles. The van der Waals surface area contributed by atoms with Gasteiger partial charge in [0.05, 0.1) is 6.04 Å². The number of nitrogens with two attached hydrogens (primary N) is 1. The van der Waals surface area contributed by atoms with Crippen LogP contribution in [0.25, 0.3) is 0 Å². The van der Waals surface area contributed by atoms with Gasteiger partial charge in [-0.3, -0.25) is 0 Å². The Balaban J connectivity index is 0.00000288. The van der Waals surface area contributed by atoms with E-state index in [2.05, 4.69) is 24.2 Å². The van der Waals surface area contributed by atoms with E-state index in [1.165, 1.54) is 11.1 Å². The summed E-state index contributed by atoms with van der Waals surface area (Å²) in [6, 6.07) is 6.06. The molecule has 1 saturated heterocycles. The van der Waals surface area contributed by atoms with Crippen LogP contribution in [0.1, 0.15) is 31.9 Å². The number of anilines is 1. The SMILES string of the molecule is Cc1ccc(NC(N)=NC2CN(C(=O)OC(C)(C)C)C2)cc1C.I. The third kappa shape index (κ3) is 5.85. The van der Waals surface area contributed by atoms with E-state index in [0.717, 1.165) is 5.69 Å². The molecule has 0 atom stereocenters. The van der Waals surface area contributed by atoms with Crippen LogP contribution in [-0.4, -0.2) is 41.7 Å². The molecule has 1 amide bonds. The first-order valence-corrected chi connectivity index (χ1v) is 7.79. The van der Waals surface area contributed by atoms with Crippen molar-refractivity contribution in [1.29, 1.82) is 0 Å². The number of hydrogen-bond acceptors (Lipinski definition) is 3. The highest BCUT2D eigenvalue weighted by Crippen LogP contribution is 2.18. The molecule has 2 rings (SSSR count). The van der Waals surface area contributed by atoms with E-state index in [9.17, 15) is 4.79 Å². The molecule has 0 bridgehead atoms. The van der Waals surface area contributed by atoms with E-state index in [1.54, 1.807) is 4.90 Å². The molecule has 1 aliphatic heterocycles. The Labute approximate surface area is 160 Å². The first kappa shape index (κ1) is 20.5. The van der Waals surface area contributed by atoms with Crippen molar-refractivity contribution >= 4 is 41.7 Å². The van der Waals surface area contributed by atoms with Gasteiger partial charge in [-0.1, -0.05) is 6.07 Å². The average Bonchev–Trinajstić information content (AvgIpc) is 2.35. The lowest BCUT2D eigenvalue weighted by Gasteiger charge is -2.37. The van der Waals surface area contributed by atoms with E-state index in [0.29, 0.717) is 19.0 Å². The lowest BCUT2D eigenvalue weighted by molar-refractivity contribution is 0.00905. The fourth-order valence-corrected chi connectivity index (χ4v) is 2.21. The Bertz CT molecular complexity index is 620. The standard InChI is InChI=1S/C17H26N4O2.HI/c1-11-6-7-13(8-12(11)2)19-15(18)20-14-9-21(10-14)16(22)23-17(3,4)5;/h6-8,14H,9-10H2,1-5H3,(H3,18,19,20);1H. The predicted octanol–water partition coefficient (Wildman–Crippen LogP) is 3.27. The highest BCUT2D eigenvalue weighted by molar-refractivity contribution is 14.0. The summed E-state index contributed by atoms with van der Waals surface area (Å²) in [6.45, 7) is 10.7. The summed E-state index contributed by atoms with van der Waals surface area (Å²) in [6.07, 6.45) is -0.301. The number of ether oxygens (including phenoxy) is 1. The molecule has 0 radical (unpaired) electrons. The molecule has 0 unspecified atom stereocenters. The van der Waals surface area contributed by atoms with E-state index in [1.807, 2.05) is 39.0 Å². The highest BCUT2D eigenvalue weighted by Gasteiger charge is 2.33. The molecule has 7 heteroatoms. The maximum atomic E-state index is 11.8. The molecule has 0 aliphatic carbocycles. The molecule has 1 heterocycles. The molecular weight excluding hydrogens is 419 g/mol. The van der Waals surface area contributed by atoms with Gasteiger partial charge in [-0.05, 0) is 57.9 Å². The minimum absolute atomic E-state index is 0. The summed E-state index contributed by atoms with van der Waals surface area (Å²) in [5.74, 6) is 0.363. The quantitative estimate of drug-likeness (QED) is 0.415. The third-order valence-electron chi connectivity index (χ3n) is 3.61. The average molecular weight is 446 g/mol. The van der Waals surface area contributed by atoms with Crippen molar-refractivity contribution < 1.29 is 9.53 Å². The molecule has 0 spiro atoms. The molecule has 1 aliphatic rings. The van der Waals surface area contributed by atoms with E-state index in [-0.39, 0.29) is 36.1 Å². The van der Waals surface area contributed by atoms with Gasteiger partial charge in [-0.15, -0.1) is 24.0 Å². The predicted molar refractivity (Wildman–Crippen MR) is 108 cm³/mol. The molecule has 0 aromatic heterocycles. The number of nitrogens with one attached hydrogen (secondary N) is 1. The van der Waals surface area contributed by atoms with Gasteiger partial charge in [0.2, 0.25) is 0 Å². The van der Waals surface area contributed by atoms with Crippen LogP contribution in [0.3, 0.4) is 0 Å². The molecule has 1 fully saturated rings. The zero-order valence-electron chi connectivity index (χ0n) is 14.9. The lowest BCUT2D eigenvalue weighted by atomic mass is 10.1. The van der Waals surface area contributed by atoms with E-state index < -0.39 is 5.60 Å². The van der Waals surface area contributed by atoms with Gasteiger partial charge in [-0.2, -0.15) is 0 Å². The fraction of sp³-hybridized carbons (Fsp3) is 0.529. The van der Waals surface area contributed by atoms with Crippen LogP contribution in [-0.2, 0) is 4.74 Å². The Morgan fingerprint density at radius 1 is 1.29 bits per heavy atom. The van der Waals surface area contributed by atoms with Crippen LogP contribution in [0.5, 0.6) is 0 Å². The molecule has 3 N–H and O–H groups in total. The Kier molecular flexibility index (Phi) is 6.88. The molecular formula is C17H27IN4O2. The first-order chi connectivity index (χ1) is 10.6. The number of aryl methyl sites for hydroxylation is 2. The Hall–Kier alpha value is -1.51. The van der Waals surface area contributed by atoms with Crippen molar-refractivity contribution in [2.75, 3.05) is 18.4 Å². The van der Waals surface area contributed by atoms with Crippen molar-refractivity contribution in [3.8, 4) is 0 Å². The van der Waals surface area contributed by atoms with Crippen molar-refractivity contribution in [1.82, 2.24) is 4.90 Å². The second kappa shape index (κ2) is 8.04. The summed E-state index contributed by atoms with van der Waals surface area (Å²) in [5.41, 5.74) is 8.80. The number of hydrogen-bond donors (Lipinski definition) is 2. The number of carbonyl (C=O) groups excluding carboxylic acids is 1. The lowest BCUT2D eigenvalue weighted by Crippen LogP contribution is -2.54. The van der Waals surface area contributed by atoms with Crippen LogP contribution >= 0.6 is 24.0 Å². The summed E-state index contributed by atoms with van der Waals surface area (Å²) in [5, 5.41) is 3.08. The molecule has 1 aromatic rings. The number of halogens is 1. The smallest absolute Gasteiger partial charge is 0.410 e. The van der Waals surface area contributed by atoms with Crippen LogP contribution in [0, 0.1) is 13.8 Å². The minimum atomic E-state index is -0.477. The van der Waals surface area contributed by atoms with E-state index >= 15 is 0 Å². The normalized spacial score (nSPS) is 15.4. The zero-order chi connectivity index (χ0) is 17.2. The van der Waals surface area contributed by atoms with Crippen molar-refractivity contribution in [2.45, 2.75) is 46.3 Å². The number of carbonyl (C=O) groups is 1. The molecule has 6 nitrogen and oxygen atoms in total. The van der Waals surface area contributed by atoms with Gasteiger partial charge < -0.3 is 20.7 Å². The summed E-state index contributed by atoms with van der Waals surface area (Å²) < 4.78 is 5.31. The maximum absolute atomic E-state index is 11.8. The number of benzene rings is 1. The van der Waals surface area contributed by atoms with Crippen LogP contribution in [0.15, 0.2) is 23.2 Å². The van der Waals surface area contributed by atoms with Crippen LogP contribution in [0.4, 0.5) is 10.5 Å². The monoisotopic (exact) mass is 446 g/mol. The van der Waals surface area contributed by atoms with Crippen molar-refractivity contribution in [2.24, 2.45) is 10.7 Å². The summed E-state index contributed by atoms with van der Waals surface area (Å²) >= 11 is 0. The first-order valence-electron chi connectivity index (χ1n) is 7.79.